The summed E-state index contributed by atoms with van der Waals surface area (Å²) in [6.07, 6.45) is 7.36. The number of aryl methyl sites for hydroxylation is 2. The van der Waals surface area contributed by atoms with Gasteiger partial charge < -0.3 is 15.0 Å². The molecule has 0 aliphatic heterocycles. The monoisotopic (exact) mass is 337 g/mol. The van der Waals surface area contributed by atoms with Crippen molar-refractivity contribution < 1.29 is 4.74 Å². The Morgan fingerprint density at radius 2 is 2.25 bits per heavy atom. The Morgan fingerprint density at radius 1 is 1.40 bits per heavy atom. The van der Waals surface area contributed by atoms with Gasteiger partial charge in [-0.15, -0.1) is 0 Å². The fourth-order valence-electron chi connectivity index (χ4n) is 2.19. The van der Waals surface area contributed by atoms with Gasteiger partial charge in [-0.1, -0.05) is 15.9 Å². The van der Waals surface area contributed by atoms with E-state index in [1.54, 1.807) is 6.20 Å². The second-order valence-electron chi connectivity index (χ2n) is 4.75. The molecule has 0 amide bonds. The Bertz CT molecular complexity index is 540. The lowest BCUT2D eigenvalue weighted by atomic mass is 10.1. The van der Waals surface area contributed by atoms with Gasteiger partial charge in [0.15, 0.2) is 0 Å². The minimum Gasteiger partial charge on any atom is -0.493 e. The largest absolute Gasteiger partial charge is 0.493 e. The summed E-state index contributed by atoms with van der Waals surface area (Å²) in [7, 11) is 0. The number of halogens is 1. The van der Waals surface area contributed by atoms with Crippen LogP contribution in [0.3, 0.4) is 0 Å². The van der Waals surface area contributed by atoms with Gasteiger partial charge in [-0.05, 0) is 49.6 Å². The molecule has 0 spiro atoms. The van der Waals surface area contributed by atoms with Crippen LogP contribution in [0.25, 0.3) is 0 Å². The average molecular weight is 338 g/mol. The van der Waals surface area contributed by atoms with Crippen LogP contribution in [0.2, 0.25) is 0 Å². The molecular weight excluding hydrogens is 318 g/mol. The molecule has 1 aromatic carbocycles. The van der Waals surface area contributed by atoms with E-state index in [1.807, 2.05) is 12.5 Å². The molecule has 0 saturated heterocycles. The number of ether oxygens (including phenoxy) is 1. The third kappa shape index (κ3) is 4.08. The molecule has 0 atom stereocenters. The number of hydrogen-bond acceptors (Lipinski definition) is 3. The molecule has 4 nitrogen and oxygen atoms in total. The zero-order valence-corrected chi connectivity index (χ0v) is 13.3. The maximum atomic E-state index is 5.96. The number of rotatable bonds is 7. The lowest BCUT2D eigenvalue weighted by Gasteiger charge is -2.14. The molecule has 108 valence electrons. The Morgan fingerprint density at radius 3 is 2.95 bits per heavy atom. The molecule has 0 saturated carbocycles. The van der Waals surface area contributed by atoms with Gasteiger partial charge in [0.25, 0.3) is 0 Å². The zero-order chi connectivity index (χ0) is 14.4. The molecule has 0 aliphatic rings. The molecule has 5 heteroatoms. The summed E-state index contributed by atoms with van der Waals surface area (Å²) in [6, 6.07) is 4.16. The first kappa shape index (κ1) is 15.1. The van der Waals surface area contributed by atoms with E-state index < -0.39 is 0 Å². The van der Waals surface area contributed by atoms with Gasteiger partial charge in [0.05, 0.1) is 12.9 Å². The predicted octanol–water partition coefficient (Wildman–Crippen LogP) is 2.92. The van der Waals surface area contributed by atoms with Crippen LogP contribution in [-0.4, -0.2) is 22.7 Å². The minimum absolute atomic E-state index is 0.626. The van der Waals surface area contributed by atoms with Crippen molar-refractivity contribution in [3.05, 3.63) is 46.5 Å². The summed E-state index contributed by atoms with van der Waals surface area (Å²) in [4.78, 5) is 4.02. The molecule has 1 heterocycles. The Balaban J connectivity index is 1.94. The highest BCUT2D eigenvalue weighted by Crippen LogP contribution is 2.28. The lowest BCUT2D eigenvalue weighted by molar-refractivity contribution is 0.297. The van der Waals surface area contributed by atoms with Gasteiger partial charge in [-0.3, -0.25) is 0 Å². The van der Waals surface area contributed by atoms with Crippen LogP contribution in [0.5, 0.6) is 5.75 Å². The first-order chi connectivity index (χ1) is 9.70. The quantitative estimate of drug-likeness (QED) is 0.790. The molecule has 2 rings (SSSR count). The minimum atomic E-state index is 0.626. The van der Waals surface area contributed by atoms with Crippen molar-refractivity contribution >= 4 is 15.9 Å². The van der Waals surface area contributed by atoms with Crippen molar-refractivity contribution in [3.63, 3.8) is 0 Å². The zero-order valence-electron chi connectivity index (χ0n) is 11.7. The van der Waals surface area contributed by atoms with Crippen molar-refractivity contribution in [2.45, 2.75) is 26.3 Å². The van der Waals surface area contributed by atoms with Crippen LogP contribution in [-0.2, 0) is 13.0 Å². The third-order valence-electron chi connectivity index (χ3n) is 3.10. The molecule has 2 N–H and O–H groups in total. The first-order valence-electron chi connectivity index (χ1n) is 6.78. The maximum absolute atomic E-state index is 5.96. The highest BCUT2D eigenvalue weighted by Gasteiger charge is 2.08. The summed E-state index contributed by atoms with van der Waals surface area (Å²) in [5, 5.41) is 0. The highest BCUT2D eigenvalue weighted by molar-refractivity contribution is 9.10. The fourth-order valence-corrected chi connectivity index (χ4v) is 2.81. The number of nitrogens with two attached hydrogens (primary N) is 1. The topological polar surface area (TPSA) is 53.1 Å². The van der Waals surface area contributed by atoms with Crippen LogP contribution in [0.1, 0.15) is 17.5 Å². The SMILES string of the molecule is Cc1cc(Br)cc(CCN)c1OCCCn1ccnc1. The highest BCUT2D eigenvalue weighted by atomic mass is 79.9. The summed E-state index contributed by atoms with van der Waals surface area (Å²) in [5.74, 6) is 0.976. The van der Waals surface area contributed by atoms with E-state index in [0.717, 1.165) is 35.2 Å². The number of nitrogens with zero attached hydrogens (tertiary/aromatic N) is 2. The molecule has 0 aliphatic carbocycles. The maximum Gasteiger partial charge on any atom is 0.125 e. The van der Waals surface area contributed by atoms with Crippen LogP contribution in [0.4, 0.5) is 0 Å². The van der Waals surface area contributed by atoms with Crippen molar-refractivity contribution in [1.82, 2.24) is 9.55 Å². The van der Waals surface area contributed by atoms with Crippen LogP contribution in [0.15, 0.2) is 35.3 Å². The van der Waals surface area contributed by atoms with E-state index in [9.17, 15) is 0 Å². The van der Waals surface area contributed by atoms with Crippen molar-refractivity contribution in [2.75, 3.05) is 13.2 Å². The van der Waals surface area contributed by atoms with Gasteiger partial charge in [0.1, 0.15) is 5.75 Å². The van der Waals surface area contributed by atoms with Crippen molar-refractivity contribution in [2.24, 2.45) is 5.73 Å². The van der Waals surface area contributed by atoms with Gasteiger partial charge >= 0.3 is 0 Å². The molecule has 0 bridgehead atoms. The number of benzene rings is 1. The fraction of sp³-hybridized carbons (Fsp3) is 0.400. The third-order valence-corrected chi connectivity index (χ3v) is 3.55. The molecule has 2 aromatic rings. The smallest absolute Gasteiger partial charge is 0.125 e. The second kappa shape index (κ2) is 7.45. The standard InChI is InChI=1S/C15H20BrN3O/c1-12-9-14(16)10-13(3-4-17)15(12)20-8-2-6-19-7-5-18-11-19/h5,7,9-11H,2-4,6,8,17H2,1H3. The van der Waals surface area contributed by atoms with Crippen LogP contribution < -0.4 is 10.5 Å². The predicted molar refractivity (Wildman–Crippen MR) is 84.0 cm³/mol. The van der Waals surface area contributed by atoms with E-state index in [0.29, 0.717) is 13.2 Å². The van der Waals surface area contributed by atoms with E-state index in [1.165, 1.54) is 5.56 Å². The van der Waals surface area contributed by atoms with E-state index in [2.05, 4.69) is 44.5 Å². The lowest BCUT2D eigenvalue weighted by Crippen LogP contribution is -2.08. The van der Waals surface area contributed by atoms with Gasteiger partial charge in [-0.25, -0.2) is 4.98 Å². The van der Waals surface area contributed by atoms with Gasteiger partial charge in [0.2, 0.25) is 0 Å². The van der Waals surface area contributed by atoms with E-state index in [4.69, 9.17) is 10.5 Å². The number of hydrogen-bond donors (Lipinski definition) is 1. The Kier molecular flexibility index (Phi) is 5.61. The summed E-state index contributed by atoms with van der Waals surface area (Å²) in [5.41, 5.74) is 7.98. The number of aromatic nitrogens is 2. The van der Waals surface area contributed by atoms with Gasteiger partial charge in [-0.2, -0.15) is 0 Å². The molecule has 0 radical (unpaired) electrons. The van der Waals surface area contributed by atoms with Crippen LogP contribution >= 0.6 is 15.9 Å². The average Bonchev–Trinajstić information content (AvgIpc) is 2.90. The molecular formula is C15H20BrN3O. The Hall–Kier alpha value is -1.33. The second-order valence-corrected chi connectivity index (χ2v) is 5.67. The molecule has 1 aromatic heterocycles. The first-order valence-corrected chi connectivity index (χ1v) is 7.57. The van der Waals surface area contributed by atoms with E-state index >= 15 is 0 Å². The molecule has 20 heavy (non-hydrogen) atoms. The summed E-state index contributed by atoms with van der Waals surface area (Å²) in [6.45, 7) is 4.30. The van der Waals surface area contributed by atoms with E-state index in [-0.39, 0.29) is 0 Å². The van der Waals surface area contributed by atoms with Crippen molar-refractivity contribution in [3.8, 4) is 5.75 Å². The normalized spacial score (nSPS) is 10.8. The summed E-state index contributed by atoms with van der Waals surface area (Å²) >= 11 is 3.52. The van der Waals surface area contributed by atoms with Gasteiger partial charge in [0, 0.05) is 23.4 Å². The van der Waals surface area contributed by atoms with Crippen LogP contribution in [0, 0.1) is 6.92 Å². The molecule has 0 fully saturated rings. The number of imidazole rings is 1. The van der Waals surface area contributed by atoms with Crippen molar-refractivity contribution in [1.29, 1.82) is 0 Å². The molecule has 0 unspecified atom stereocenters. The Labute approximate surface area is 128 Å². The summed E-state index contributed by atoms with van der Waals surface area (Å²) < 4.78 is 9.09.